The molecule has 102 valence electrons. The quantitative estimate of drug-likeness (QED) is 0.788. The molecule has 1 atom stereocenters. The maximum atomic E-state index is 5.83. The summed E-state index contributed by atoms with van der Waals surface area (Å²) in [4.78, 5) is 4.47. The predicted molar refractivity (Wildman–Crippen MR) is 82.7 cm³/mol. The molecule has 1 aromatic carbocycles. The van der Waals surface area contributed by atoms with Crippen LogP contribution in [-0.4, -0.2) is 16.1 Å². The van der Waals surface area contributed by atoms with Crippen molar-refractivity contribution in [1.29, 1.82) is 0 Å². The summed E-state index contributed by atoms with van der Waals surface area (Å²) >= 11 is 0. The molecule has 2 heterocycles. The number of nitrogens with zero attached hydrogens (tertiary/aromatic N) is 2. The molecule has 0 saturated carbocycles. The van der Waals surface area contributed by atoms with E-state index in [0.717, 1.165) is 12.1 Å². The van der Waals surface area contributed by atoms with Crippen molar-refractivity contribution in [2.45, 2.75) is 12.3 Å². The number of aromatic nitrogens is 2. The topological polar surface area (TPSA) is 43.8 Å². The van der Waals surface area contributed by atoms with Crippen LogP contribution in [0.5, 0.6) is 0 Å². The van der Waals surface area contributed by atoms with Crippen LogP contribution in [0.2, 0.25) is 0 Å². The summed E-state index contributed by atoms with van der Waals surface area (Å²) < 4.78 is 2.09. The fourth-order valence-corrected chi connectivity index (χ4v) is 2.87. The third-order valence-electron chi connectivity index (χ3n) is 3.80. The summed E-state index contributed by atoms with van der Waals surface area (Å²) in [6.07, 6.45) is 4.97. The first-order valence-electron chi connectivity index (χ1n) is 6.96. The van der Waals surface area contributed by atoms with Gasteiger partial charge in [0, 0.05) is 30.7 Å². The van der Waals surface area contributed by atoms with Gasteiger partial charge in [-0.25, -0.2) is 4.98 Å². The van der Waals surface area contributed by atoms with Crippen LogP contribution in [0, 0.1) is 0 Å². The van der Waals surface area contributed by atoms with Crippen molar-refractivity contribution in [3.8, 4) is 0 Å². The van der Waals surface area contributed by atoms with E-state index in [1.165, 1.54) is 16.5 Å². The molecule has 0 bridgehead atoms. The third kappa shape index (κ3) is 2.21. The van der Waals surface area contributed by atoms with Gasteiger partial charge in [-0.2, -0.15) is 0 Å². The molecule has 0 spiro atoms. The molecule has 2 aromatic heterocycles. The molecule has 2 N–H and O–H groups in total. The van der Waals surface area contributed by atoms with E-state index in [1.54, 1.807) is 0 Å². The van der Waals surface area contributed by atoms with Gasteiger partial charge in [-0.05, 0) is 36.2 Å². The molecule has 0 radical (unpaired) electrons. The minimum Gasteiger partial charge on any atom is -0.335 e. The van der Waals surface area contributed by atoms with Crippen LogP contribution in [0.15, 0.2) is 54.9 Å². The zero-order valence-corrected chi connectivity index (χ0v) is 11.7. The van der Waals surface area contributed by atoms with Crippen LogP contribution < -0.4 is 5.73 Å². The molecule has 0 unspecified atom stereocenters. The van der Waals surface area contributed by atoms with Crippen LogP contribution in [0.1, 0.15) is 23.5 Å². The highest BCUT2D eigenvalue weighted by atomic mass is 15.0. The third-order valence-corrected chi connectivity index (χ3v) is 3.80. The number of aryl methyl sites for hydroxylation is 1. The van der Waals surface area contributed by atoms with Gasteiger partial charge in [-0.15, -0.1) is 0 Å². The number of hydrogen-bond donors (Lipinski definition) is 1. The largest absolute Gasteiger partial charge is 0.335 e. The monoisotopic (exact) mass is 265 g/mol. The first kappa shape index (κ1) is 12.9. The van der Waals surface area contributed by atoms with Gasteiger partial charge >= 0.3 is 0 Å². The fraction of sp³-hybridized carbons (Fsp3) is 0.235. The lowest BCUT2D eigenvalue weighted by Crippen LogP contribution is -2.08. The number of hydrogen-bond acceptors (Lipinski definition) is 2. The number of pyridine rings is 1. The highest BCUT2D eigenvalue weighted by Gasteiger charge is 2.18. The minimum absolute atomic E-state index is 0.328. The van der Waals surface area contributed by atoms with Crippen molar-refractivity contribution in [2.75, 3.05) is 6.54 Å². The zero-order chi connectivity index (χ0) is 13.9. The van der Waals surface area contributed by atoms with Crippen LogP contribution in [0.25, 0.3) is 11.0 Å². The Morgan fingerprint density at radius 2 is 1.95 bits per heavy atom. The highest BCUT2D eigenvalue weighted by molar-refractivity contribution is 5.81. The van der Waals surface area contributed by atoms with Crippen molar-refractivity contribution < 1.29 is 0 Å². The van der Waals surface area contributed by atoms with E-state index in [0.29, 0.717) is 12.5 Å². The van der Waals surface area contributed by atoms with Gasteiger partial charge in [-0.3, -0.25) is 0 Å². The minimum atomic E-state index is 0.328. The van der Waals surface area contributed by atoms with Gasteiger partial charge < -0.3 is 10.3 Å². The second kappa shape index (κ2) is 5.47. The maximum Gasteiger partial charge on any atom is 0.139 e. The van der Waals surface area contributed by atoms with E-state index in [4.69, 9.17) is 5.73 Å². The van der Waals surface area contributed by atoms with Crippen LogP contribution in [-0.2, 0) is 7.05 Å². The number of benzene rings is 1. The van der Waals surface area contributed by atoms with Gasteiger partial charge in [-0.1, -0.05) is 30.3 Å². The molecule has 3 heteroatoms. The van der Waals surface area contributed by atoms with Gasteiger partial charge in [0.05, 0.1) is 0 Å². The molecule has 0 aliphatic carbocycles. The molecular formula is C17H19N3. The molecule has 20 heavy (non-hydrogen) atoms. The molecule has 0 aliphatic heterocycles. The lowest BCUT2D eigenvalue weighted by atomic mass is 9.89. The second-order valence-corrected chi connectivity index (χ2v) is 5.11. The number of nitrogens with two attached hydrogens (primary N) is 1. The van der Waals surface area contributed by atoms with Crippen molar-refractivity contribution in [3.05, 3.63) is 66.0 Å². The summed E-state index contributed by atoms with van der Waals surface area (Å²) in [5.74, 6) is 0.328. The van der Waals surface area contributed by atoms with Gasteiger partial charge in [0.1, 0.15) is 5.65 Å². The Morgan fingerprint density at radius 3 is 2.70 bits per heavy atom. The summed E-state index contributed by atoms with van der Waals surface area (Å²) in [6, 6.07) is 14.7. The molecular weight excluding hydrogens is 246 g/mol. The average molecular weight is 265 g/mol. The lowest BCUT2D eigenvalue weighted by Gasteiger charge is -2.16. The Hall–Kier alpha value is -2.13. The normalized spacial score (nSPS) is 12.7. The molecule has 0 saturated heterocycles. The van der Waals surface area contributed by atoms with Crippen molar-refractivity contribution in [1.82, 2.24) is 9.55 Å². The average Bonchev–Trinajstić information content (AvgIpc) is 2.83. The van der Waals surface area contributed by atoms with Gasteiger partial charge in [0.25, 0.3) is 0 Å². The van der Waals surface area contributed by atoms with Crippen LogP contribution >= 0.6 is 0 Å². The smallest absolute Gasteiger partial charge is 0.139 e. The van der Waals surface area contributed by atoms with Crippen molar-refractivity contribution >= 4 is 11.0 Å². The molecule has 3 nitrogen and oxygen atoms in total. The summed E-state index contributed by atoms with van der Waals surface area (Å²) in [7, 11) is 2.04. The van der Waals surface area contributed by atoms with Crippen LogP contribution in [0.3, 0.4) is 0 Å². The van der Waals surface area contributed by atoms with E-state index in [-0.39, 0.29) is 0 Å². The van der Waals surface area contributed by atoms with Crippen LogP contribution in [0.4, 0.5) is 0 Å². The second-order valence-electron chi connectivity index (χ2n) is 5.11. The number of fused-ring (bicyclic) bond motifs is 1. The maximum absolute atomic E-state index is 5.83. The van der Waals surface area contributed by atoms with Gasteiger partial charge in [0.2, 0.25) is 0 Å². The van der Waals surface area contributed by atoms with E-state index >= 15 is 0 Å². The molecule has 3 rings (SSSR count). The zero-order valence-electron chi connectivity index (χ0n) is 11.7. The molecule has 0 fully saturated rings. The van der Waals surface area contributed by atoms with E-state index in [2.05, 4.69) is 46.1 Å². The highest BCUT2D eigenvalue weighted by Crippen LogP contribution is 2.33. The van der Waals surface area contributed by atoms with E-state index < -0.39 is 0 Å². The Bertz CT molecular complexity index is 701. The molecule has 3 aromatic rings. The predicted octanol–water partition coefficient (Wildman–Crippen LogP) is 3.05. The summed E-state index contributed by atoms with van der Waals surface area (Å²) in [5, 5.41) is 1.22. The Kier molecular flexibility index (Phi) is 3.52. The van der Waals surface area contributed by atoms with E-state index in [1.807, 2.05) is 25.4 Å². The van der Waals surface area contributed by atoms with Gasteiger partial charge in [0.15, 0.2) is 0 Å². The molecule has 0 aliphatic rings. The number of rotatable bonds is 4. The first-order valence-corrected chi connectivity index (χ1v) is 6.96. The molecule has 0 amide bonds. The van der Waals surface area contributed by atoms with E-state index in [9.17, 15) is 0 Å². The first-order chi connectivity index (χ1) is 9.81. The summed E-state index contributed by atoms with van der Waals surface area (Å²) in [5.41, 5.74) is 9.49. The Labute approximate surface area is 119 Å². The Morgan fingerprint density at radius 1 is 1.15 bits per heavy atom. The van der Waals surface area contributed by atoms with Crippen molar-refractivity contribution in [2.24, 2.45) is 12.8 Å². The lowest BCUT2D eigenvalue weighted by molar-refractivity contribution is 0.727. The fourth-order valence-electron chi connectivity index (χ4n) is 2.87. The SMILES string of the molecule is Cn1cc([C@H](CCN)c2ccccc2)c2cccnc21. The Balaban J connectivity index is 2.15. The van der Waals surface area contributed by atoms with Crippen molar-refractivity contribution in [3.63, 3.8) is 0 Å². The summed E-state index contributed by atoms with van der Waals surface area (Å²) in [6.45, 7) is 0.677. The standard InChI is InChI=1S/C17H19N3/c1-20-12-16(15-8-5-11-19-17(15)20)14(9-10-18)13-6-3-2-4-7-13/h2-8,11-12,14H,9-10,18H2,1H3/t14-/m1/s1.